The summed E-state index contributed by atoms with van der Waals surface area (Å²) in [5.74, 6) is 1.46. The lowest BCUT2D eigenvalue weighted by molar-refractivity contribution is 0.630. The third kappa shape index (κ3) is 3.21. The number of para-hydroxylation sites is 1. The number of allylic oxidation sites excluding steroid dienone is 1. The Kier molecular flexibility index (Phi) is 4.75. The zero-order valence-corrected chi connectivity index (χ0v) is 20.3. The van der Waals surface area contributed by atoms with Crippen LogP contribution in [-0.2, 0) is 6.42 Å². The molecule has 2 heteroatoms. The summed E-state index contributed by atoms with van der Waals surface area (Å²) in [6, 6.07) is 32.4. The van der Waals surface area contributed by atoms with Crippen LogP contribution in [0.25, 0.3) is 60.7 Å². The summed E-state index contributed by atoms with van der Waals surface area (Å²) in [5, 5.41) is 5.85. The predicted octanol–water partition coefficient (Wildman–Crippen LogP) is 9.85. The average Bonchev–Trinajstić information content (AvgIpc) is 3.55. The van der Waals surface area contributed by atoms with Gasteiger partial charge in [0.1, 0.15) is 11.3 Å². The summed E-state index contributed by atoms with van der Waals surface area (Å²) in [4.78, 5) is 1.24. The van der Waals surface area contributed by atoms with Gasteiger partial charge >= 0.3 is 0 Å². The Hall–Kier alpha value is -3.88. The SMILES string of the molecule is C[C@@H]1C=Cc2c(c(-c3oc4ccccc4c3-c3cccs3)c3ccccc3c2-c2ccccc2)C1. The first-order valence-electron chi connectivity index (χ1n) is 12.2. The molecule has 0 aliphatic heterocycles. The van der Waals surface area contributed by atoms with E-state index >= 15 is 0 Å². The predicted molar refractivity (Wildman–Crippen MR) is 150 cm³/mol. The lowest BCUT2D eigenvalue weighted by Crippen LogP contribution is -2.08. The summed E-state index contributed by atoms with van der Waals surface area (Å²) in [6.45, 7) is 2.30. The molecule has 0 N–H and O–H groups in total. The molecule has 0 saturated heterocycles. The van der Waals surface area contributed by atoms with Gasteiger partial charge in [-0.25, -0.2) is 0 Å². The van der Waals surface area contributed by atoms with Crippen LogP contribution in [0, 0.1) is 5.92 Å². The molecule has 2 heterocycles. The van der Waals surface area contributed by atoms with Crippen molar-refractivity contribution in [1.82, 2.24) is 0 Å². The Morgan fingerprint density at radius 1 is 0.714 bits per heavy atom. The Morgan fingerprint density at radius 2 is 1.43 bits per heavy atom. The molecule has 1 nitrogen and oxygen atoms in total. The second-order valence-electron chi connectivity index (χ2n) is 9.37. The maximum atomic E-state index is 6.75. The number of benzene rings is 4. The second-order valence-corrected chi connectivity index (χ2v) is 10.3. The quantitative estimate of drug-likeness (QED) is 0.252. The summed E-state index contributed by atoms with van der Waals surface area (Å²) in [5.41, 5.74) is 8.67. The average molecular weight is 469 g/mol. The molecule has 0 bridgehead atoms. The lowest BCUT2D eigenvalue weighted by Gasteiger charge is -2.25. The van der Waals surface area contributed by atoms with Crippen LogP contribution < -0.4 is 0 Å². The monoisotopic (exact) mass is 468 g/mol. The highest BCUT2D eigenvalue weighted by Crippen LogP contribution is 2.50. The number of fused-ring (bicyclic) bond motifs is 3. The largest absolute Gasteiger partial charge is 0.455 e. The highest BCUT2D eigenvalue weighted by atomic mass is 32.1. The normalized spacial score (nSPS) is 15.1. The van der Waals surface area contributed by atoms with Gasteiger partial charge in [-0.3, -0.25) is 0 Å². The van der Waals surface area contributed by atoms with Gasteiger partial charge in [0.15, 0.2) is 0 Å². The molecule has 7 rings (SSSR count). The van der Waals surface area contributed by atoms with Crippen molar-refractivity contribution in [3.8, 4) is 32.9 Å². The molecule has 2 aromatic heterocycles. The highest BCUT2D eigenvalue weighted by Gasteiger charge is 2.28. The summed E-state index contributed by atoms with van der Waals surface area (Å²) >= 11 is 1.77. The Balaban J connectivity index is 1.66. The molecular formula is C33H24OS. The van der Waals surface area contributed by atoms with Crippen LogP contribution in [0.1, 0.15) is 18.1 Å². The topological polar surface area (TPSA) is 13.1 Å². The van der Waals surface area contributed by atoms with E-state index in [0.29, 0.717) is 5.92 Å². The van der Waals surface area contributed by atoms with E-state index in [2.05, 4.69) is 115 Å². The first-order chi connectivity index (χ1) is 17.3. The molecule has 1 aliphatic rings. The first kappa shape index (κ1) is 20.5. The van der Waals surface area contributed by atoms with Crippen molar-refractivity contribution in [2.24, 2.45) is 5.92 Å². The van der Waals surface area contributed by atoms with E-state index in [0.717, 1.165) is 17.8 Å². The zero-order chi connectivity index (χ0) is 23.4. The van der Waals surface area contributed by atoms with Gasteiger partial charge in [0.05, 0.1) is 0 Å². The molecule has 168 valence electrons. The van der Waals surface area contributed by atoms with E-state index in [9.17, 15) is 0 Å². The van der Waals surface area contributed by atoms with Crippen LogP contribution in [0.5, 0.6) is 0 Å². The first-order valence-corrected chi connectivity index (χ1v) is 13.0. The molecular weight excluding hydrogens is 444 g/mol. The van der Waals surface area contributed by atoms with Crippen molar-refractivity contribution in [3.05, 3.63) is 114 Å². The van der Waals surface area contributed by atoms with Crippen LogP contribution in [-0.4, -0.2) is 0 Å². The van der Waals surface area contributed by atoms with E-state index in [1.165, 1.54) is 54.4 Å². The molecule has 4 aromatic carbocycles. The summed E-state index contributed by atoms with van der Waals surface area (Å²) in [7, 11) is 0. The third-order valence-electron chi connectivity index (χ3n) is 7.13. The van der Waals surface area contributed by atoms with Crippen LogP contribution in [0.4, 0.5) is 0 Å². The van der Waals surface area contributed by atoms with Gasteiger partial charge in [-0.15, -0.1) is 11.3 Å². The number of rotatable bonds is 3. The van der Waals surface area contributed by atoms with Gasteiger partial charge in [0.2, 0.25) is 0 Å². The minimum absolute atomic E-state index is 0.473. The Morgan fingerprint density at radius 3 is 2.20 bits per heavy atom. The fourth-order valence-electron chi connectivity index (χ4n) is 5.62. The van der Waals surface area contributed by atoms with Crippen molar-refractivity contribution < 1.29 is 4.42 Å². The lowest BCUT2D eigenvalue weighted by atomic mass is 9.78. The Labute approximate surface area is 209 Å². The number of hydrogen-bond donors (Lipinski definition) is 0. The van der Waals surface area contributed by atoms with E-state index in [-0.39, 0.29) is 0 Å². The second kappa shape index (κ2) is 8.11. The van der Waals surface area contributed by atoms with Gasteiger partial charge in [0.25, 0.3) is 0 Å². The fraction of sp³-hybridized carbons (Fsp3) is 0.0909. The molecule has 1 aliphatic carbocycles. The smallest absolute Gasteiger partial charge is 0.144 e. The van der Waals surface area contributed by atoms with E-state index in [1.54, 1.807) is 11.3 Å². The van der Waals surface area contributed by atoms with Gasteiger partial charge in [-0.05, 0) is 62.9 Å². The summed E-state index contributed by atoms with van der Waals surface area (Å²) < 4.78 is 6.75. The van der Waals surface area contributed by atoms with Crippen molar-refractivity contribution >= 4 is 39.2 Å². The van der Waals surface area contributed by atoms with Crippen LogP contribution in [0.15, 0.2) is 107 Å². The fourth-order valence-corrected chi connectivity index (χ4v) is 6.40. The van der Waals surface area contributed by atoms with Crippen molar-refractivity contribution in [2.45, 2.75) is 13.3 Å². The van der Waals surface area contributed by atoms with E-state index in [4.69, 9.17) is 4.42 Å². The van der Waals surface area contributed by atoms with Gasteiger partial charge in [-0.2, -0.15) is 0 Å². The zero-order valence-electron chi connectivity index (χ0n) is 19.5. The minimum Gasteiger partial charge on any atom is -0.455 e. The summed E-state index contributed by atoms with van der Waals surface area (Å²) in [6.07, 6.45) is 5.69. The van der Waals surface area contributed by atoms with Crippen molar-refractivity contribution in [1.29, 1.82) is 0 Å². The minimum atomic E-state index is 0.473. The van der Waals surface area contributed by atoms with Crippen molar-refractivity contribution in [3.63, 3.8) is 0 Å². The van der Waals surface area contributed by atoms with Crippen LogP contribution in [0.2, 0.25) is 0 Å². The molecule has 35 heavy (non-hydrogen) atoms. The molecule has 1 atom stereocenters. The molecule has 0 saturated carbocycles. The molecule has 0 amide bonds. The van der Waals surface area contributed by atoms with E-state index in [1.807, 2.05) is 0 Å². The van der Waals surface area contributed by atoms with E-state index < -0.39 is 0 Å². The van der Waals surface area contributed by atoms with Gasteiger partial charge < -0.3 is 4.42 Å². The highest BCUT2D eigenvalue weighted by molar-refractivity contribution is 7.13. The van der Waals surface area contributed by atoms with Crippen LogP contribution >= 0.6 is 11.3 Å². The Bertz CT molecular complexity index is 1720. The number of hydrogen-bond acceptors (Lipinski definition) is 2. The van der Waals surface area contributed by atoms with Gasteiger partial charge in [-0.1, -0.05) is 97.9 Å². The molecule has 0 radical (unpaired) electrons. The number of furan rings is 1. The molecule has 0 spiro atoms. The standard InChI is InChI=1S/C33H24OS/c1-21-17-18-25-27(20-21)31(24-13-6-5-12-23(24)30(25)22-10-3-2-4-11-22)33-32(29-16-9-19-35-29)26-14-7-8-15-28(26)34-33/h2-19,21H,20H2,1H3/t21-/m1/s1. The third-order valence-corrected chi connectivity index (χ3v) is 8.02. The maximum Gasteiger partial charge on any atom is 0.144 e. The van der Waals surface area contributed by atoms with Crippen LogP contribution in [0.3, 0.4) is 0 Å². The number of thiophene rings is 1. The molecule has 0 unspecified atom stereocenters. The maximum absolute atomic E-state index is 6.75. The molecule has 0 fully saturated rings. The van der Waals surface area contributed by atoms with Crippen molar-refractivity contribution in [2.75, 3.05) is 0 Å². The molecule has 6 aromatic rings. The van der Waals surface area contributed by atoms with Gasteiger partial charge in [0, 0.05) is 21.4 Å².